The van der Waals surface area contributed by atoms with Crippen LogP contribution in [-0.4, -0.2) is 24.8 Å². The lowest BCUT2D eigenvalue weighted by Crippen LogP contribution is -2.06. The molecule has 0 bridgehead atoms. The van der Waals surface area contributed by atoms with Gasteiger partial charge in [0.25, 0.3) is 0 Å². The van der Waals surface area contributed by atoms with Crippen molar-refractivity contribution in [2.75, 3.05) is 13.7 Å². The highest BCUT2D eigenvalue weighted by molar-refractivity contribution is 5.72. The van der Waals surface area contributed by atoms with E-state index in [1.807, 2.05) is 48.5 Å². The van der Waals surface area contributed by atoms with E-state index in [-0.39, 0.29) is 12.3 Å². The Bertz CT molecular complexity index is 1090. The zero-order valence-corrected chi connectivity index (χ0v) is 21.0. The Morgan fingerprint density at radius 1 is 0.914 bits per heavy atom. The highest BCUT2D eigenvalue weighted by Gasteiger charge is 2.16. The molecule has 0 aromatic heterocycles. The topological polar surface area (TPSA) is 65.0 Å². The van der Waals surface area contributed by atoms with Crippen LogP contribution in [0.5, 0.6) is 17.2 Å². The second-order valence-corrected chi connectivity index (χ2v) is 8.71. The summed E-state index contributed by atoms with van der Waals surface area (Å²) in [5, 5.41) is 9.28. The van der Waals surface area contributed by atoms with E-state index in [1.54, 1.807) is 7.11 Å². The van der Waals surface area contributed by atoms with Crippen molar-refractivity contribution < 1.29 is 24.1 Å². The lowest BCUT2D eigenvalue weighted by atomic mass is 9.91. The molecule has 0 aliphatic rings. The van der Waals surface area contributed by atoms with E-state index in [2.05, 4.69) is 32.0 Å². The normalized spacial score (nSPS) is 11.6. The predicted octanol–water partition coefficient (Wildman–Crippen LogP) is 7.48. The van der Waals surface area contributed by atoms with E-state index >= 15 is 0 Å². The summed E-state index contributed by atoms with van der Waals surface area (Å²) < 4.78 is 17.7. The molecule has 0 spiro atoms. The first-order valence-corrected chi connectivity index (χ1v) is 12.4. The second-order valence-electron chi connectivity index (χ2n) is 8.71. The summed E-state index contributed by atoms with van der Waals surface area (Å²) in [6, 6.07) is 21.9. The minimum atomic E-state index is -0.776. The molecule has 186 valence electrons. The van der Waals surface area contributed by atoms with E-state index in [4.69, 9.17) is 14.2 Å². The van der Waals surface area contributed by atoms with E-state index in [9.17, 15) is 9.90 Å². The zero-order chi connectivity index (χ0) is 25.0. The van der Waals surface area contributed by atoms with E-state index in [0.29, 0.717) is 13.2 Å². The summed E-state index contributed by atoms with van der Waals surface area (Å²) in [6.45, 7) is 5.27. The first-order chi connectivity index (χ1) is 17.0. The van der Waals surface area contributed by atoms with Crippen molar-refractivity contribution in [3.63, 3.8) is 0 Å². The molecular weight excluding hydrogens is 440 g/mol. The summed E-state index contributed by atoms with van der Waals surface area (Å²) in [5.41, 5.74) is 4.06. The highest BCUT2D eigenvalue weighted by atomic mass is 16.5. The third-order valence-electron chi connectivity index (χ3n) is 5.98. The Labute approximate surface area is 208 Å². The quantitative estimate of drug-likeness (QED) is 0.244. The molecule has 0 saturated carbocycles. The molecule has 3 rings (SSSR count). The number of benzene rings is 3. The van der Waals surface area contributed by atoms with Crippen LogP contribution >= 0.6 is 0 Å². The third-order valence-corrected chi connectivity index (χ3v) is 5.98. The number of aliphatic carboxylic acids is 1. The number of methoxy groups -OCH3 is 1. The minimum Gasteiger partial charge on any atom is -0.497 e. The van der Waals surface area contributed by atoms with Crippen molar-refractivity contribution in [1.29, 1.82) is 0 Å². The van der Waals surface area contributed by atoms with Crippen molar-refractivity contribution >= 4 is 5.97 Å². The first-order valence-electron chi connectivity index (χ1n) is 12.4. The van der Waals surface area contributed by atoms with Gasteiger partial charge in [-0.05, 0) is 65.8 Å². The van der Waals surface area contributed by atoms with Crippen LogP contribution in [0.3, 0.4) is 0 Å². The summed E-state index contributed by atoms with van der Waals surface area (Å²) in [5.74, 6) is 1.58. The van der Waals surface area contributed by atoms with Crippen LogP contribution < -0.4 is 14.2 Å². The van der Waals surface area contributed by atoms with Crippen molar-refractivity contribution in [3.8, 4) is 28.4 Å². The molecule has 1 atom stereocenters. The Morgan fingerprint density at radius 3 is 2.46 bits per heavy atom. The summed E-state index contributed by atoms with van der Waals surface area (Å²) >= 11 is 0. The molecule has 0 heterocycles. The van der Waals surface area contributed by atoms with E-state index in [1.165, 1.54) is 0 Å². The van der Waals surface area contributed by atoms with Gasteiger partial charge in [0, 0.05) is 5.56 Å². The number of hydrogen-bond acceptors (Lipinski definition) is 4. The van der Waals surface area contributed by atoms with Crippen molar-refractivity contribution in [2.45, 2.75) is 58.5 Å². The summed E-state index contributed by atoms with van der Waals surface area (Å²) in [4.78, 5) is 11.3. The maximum absolute atomic E-state index is 11.3. The number of rotatable bonds is 14. The van der Waals surface area contributed by atoms with Gasteiger partial charge in [-0.15, -0.1) is 0 Å². The minimum absolute atomic E-state index is 0.0123. The fourth-order valence-electron chi connectivity index (χ4n) is 4.10. The average molecular weight is 477 g/mol. The average Bonchev–Trinajstić information content (AvgIpc) is 2.87. The summed E-state index contributed by atoms with van der Waals surface area (Å²) in [7, 11) is 1.67. The van der Waals surface area contributed by atoms with Crippen LogP contribution in [0.15, 0.2) is 66.7 Å². The smallest absolute Gasteiger partial charge is 0.303 e. The molecule has 3 aromatic rings. The molecule has 0 amide bonds. The fourth-order valence-corrected chi connectivity index (χ4v) is 4.10. The van der Waals surface area contributed by atoms with Crippen LogP contribution in [-0.2, 0) is 11.4 Å². The van der Waals surface area contributed by atoms with Gasteiger partial charge in [0.05, 0.1) is 20.1 Å². The fraction of sp³-hybridized carbons (Fsp3) is 0.367. The monoisotopic (exact) mass is 476 g/mol. The van der Waals surface area contributed by atoms with Crippen molar-refractivity contribution in [3.05, 3.63) is 77.9 Å². The predicted molar refractivity (Wildman–Crippen MR) is 140 cm³/mol. The van der Waals surface area contributed by atoms with Crippen molar-refractivity contribution in [1.82, 2.24) is 0 Å². The van der Waals surface area contributed by atoms with Crippen molar-refractivity contribution in [2.24, 2.45) is 0 Å². The molecule has 5 heteroatoms. The van der Waals surface area contributed by atoms with Gasteiger partial charge in [-0.3, -0.25) is 4.79 Å². The Balaban J connectivity index is 1.79. The maximum atomic E-state index is 11.3. The number of hydrogen-bond donors (Lipinski definition) is 1. The van der Waals surface area contributed by atoms with Crippen LogP contribution in [0, 0.1) is 0 Å². The zero-order valence-electron chi connectivity index (χ0n) is 21.0. The molecule has 0 aliphatic heterocycles. The largest absolute Gasteiger partial charge is 0.497 e. The van der Waals surface area contributed by atoms with Gasteiger partial charge in [-0.2, -0.15) is 0 Å². The van der Waals surface area contributed by atoms with Gasteiger partial charge in [0.15, 0.2) is 0 Å². The Hall–Kier alpha value is -3.47. The SMILES string of the molecule is CCCCOc1cc(COc2cccc([C@@H](CCC)CC(=O)O)c2)ccc1-c1cccc(OC)c1. The number of unbranched alkanes of at least 4 members (excludes halogenated alkanes) is 1. The van der Waals surface area contributed by atoms with Gasteiger partial charge in [0.1, 0.15) is 23.9 Å². The van der Waals surface area contributed by atoms with Gasteiger partial charge < -0.3 is 19.3 Å². The number of carboxylic acid groups (broad SMARTS) is 1. The lowest BCUT2D eigenvalue weighted by molar-refractivity contribution is -0.137. The highest BCUT2D eigenvalue weighted by Crippen LogP contribution is 2.34. The van der Waals surface area contributed by atoms with Crippen LogP contribution in [0.1, 0.15) is 63.0 Å². The Morgan fingerprint density at radius 2 is 1.71 bits per heavy atom. The van der Waals surface area contributed by atoms with Gasteiger partial charge in [-0.1, -0.05) is 63.1 Å². The summed E-state index contributed by atoms with van der Waals surface area (Å²) in [6.07, 6.45) is 3.94. The van der Waals surface area contributed by atoms with Gasteiger partial charge >= 0.3 is 5.97 Å². The van der Waals surface area contributed by atoms with Gasteiger partial charge in [-0.25, -0.2) is 0 Å². The number of ether oxygens (including phenoxy) is 3. The molecule has 3 aromatic carbocycles. The molecule has 0 saturated heterocycles. The third kappa shape index (κ3) is 7.78. The molecule has 1 N–H and O–H groups in total. The lowest BCUT2D eigenvalue weighted by Gasteiger charge is -2.17. The van der Waals surface area contributed by atoms with Crippen LogP contribution in [0.2, 0.25) is 0 Å². The molecule has 0 fully saturated rings. The van der Waals surface area contributed by atoms with E-state index in [0.717, 1.165) is 65.2 Å². The van der Waals surface area contributed by atoms with E-state index < -0.39 is 5.97 Å². The maximum Gasteiger partial charge on any atom is 0.303 e. The Kier molecular flexibility index (Phi) is 10.0. The molecule has 35 heavy (non-hydrogen) atoms. The molecule has 0 aliphatic carbocycles. The molecule has 5 nitrogen and oxygen atoms in total. The molecular formula is C30H36O5. The second kappa shape index (κ2) is 13.4. The number of carbonyl (C=O) groups is 1. The van der Waals surface area contributed by atoms with Crippen LogP contribution in [0.4, 0.5) is 0 Å². The number of carboxylic acids is 1. The van der Waals surface area contributed by atoms with Gasteiger partial charge in [0.2, 0.25) is 0 Å². The molecule has 0 radical (unpaired) electrons. The van der Waals surface area contributed by atoms with Crippen LogP contribution in [0.25, 0.3) is 11.1 Å². The standard InChI is InChI=1S/C30H36O5/c1-4-6-16-34-29-17-22(14-15-28(29)25-11-8-12-26(19-25)33-3)21-35-27-13-7-10-24(18-27)23(9-5-2)20-30(31)32/h7-8,10-15,17-19,23H,4-6,9,16,20-21H2,1-3H3,(H,31,32)/t23-/m0/s1. The molecule has 0 unspecified atom stereocenters. The first kappa shape index (κ1) is 26.1.